The van der Waals surface area contributed by atoms with Crippen LogP contribution in [0.4, 0.5) is 5.82 Å². The number of nitrogens with zero attached hydrogens (tertiary/aromatic N) is 2. The van der Waals surface area contributed by atoms with E-state index in [-0.39, 0.29) is 11.5 Å². The summed E-state index contributed by atoms with van der Waals surface area (Å²) in [5, 5.41) is 9.14. The van der Waals surface area contributed by atoms with E-state index in [1.807, 2.05) is 0 Å². The lowest BCUT2D eigenvalue weighted by Gasteiger charge is -2.15. The normalized spacial score (nSPS) is 11.7. The number of anilines is 1. The molecule has 1 heterocycles. The Kier molecular flexibility index (Phi) is 3.94. The van der Waals surface area contributed by atoms with Crippen molar-refractivity contribution in [2.45, 2.75) is 6.04 Å². The third kappa shape index (κ3) is 2.74. The van der Waals surface area contributed by atoms with Crippen molar-refractivity contribution in [3.63, 3.8) is 0 Å². The standard InChI is InChI=1S/C12H12N4O4/c1-19-12(18)8(7-5-3-2-4-6-7)14-11(17)9-10(13)16-20-15-9/h2-6,8H,1H3,(H2,13,16)(H,14,17). The number of aromatic nitrogens is 2. The summed E-state index contributed by atoms with van der Waals surface area (Å²) in [6.45, 7) is 0. The molecule has 0 aliphatic carbocycles. The molecule has 0 aliphatic heterocycles. The Labute approximate surface area is 113 Å². The van der Waals surface area contributed by atoms with E-state index >= 15 is 0 Å². The van der Waals surface area contributed by atoms with Crippen LogP contribution in [0.15, 0.2) is 35.0 Å². The highest BCUT2D eigenvalue weighted by atomic mass is 16.6. The molecule has 1 amide bonds. The van der Waals surface area contributed by atoms with Crippen molar-refractivity contribution in [3.05, 3.63) is 41.6 Å². The topological polar surface area (TPSA) is 120 Å². The van der Waals surface area contributed by atoms with E-state index in [1.54, 1.807) is 30.3 Å². The van der Waals surface area contributed by atoms with E-state index < -0.39 is 17.9 Å². The summed E-state index contributed by atoms with van der Waals surface area (Å²) in [4.78, 5) is 23.7. The number of carbonyl (C=O) groups excluding carboxylic acids is 2. The molecule has 0 saturated carbocycles. The smallest absolute Gasteiger partial charge is 0.333 e. The van der Waals surface area contributed by atoms with Crippen LogP contribution in [0.1, 0.15) is 22.1 Å². The average molecular weight is 276 g/mol. The van der Waals surface area contributed by atoms with Crippen LogP contribution in [0, 0.1) is 0 Å². The quantitative estimate of drug-likeness (QED) is 0.770. The minimum atomic E-state index is -0.968. The molecule has 2 rings (SSSR count). The average Bonchev–Trinajstić information content (AvgIpc) is 2.91. The highest BCUT2D eigenvalue weighted by molar-refractivity contribution is 5.98. The van der Waals surface area contributed by atoms with Crippen LogP contribution in [-0.4, -0.2) is 29.3 Å². The third-order valence-electron chi connectivity index (χ3n) is 2.57. The van der Waals surface area contributed by atoms with Gasteiger partial charge in [-0.05, 0) is 15.9 Å². The fraction of sp³-hybridized carbons (Fsp3) is 0.167. The fourth-order valence-corrected chi connectivity index (χ4v) is 1.59. The number of esters is 1. The number of methoxy groups -OCH3 is 1. The molecular formula is C12H12N4O4. The molecule has 0 aliphatic rings. The summed E-state index contributed by atoms with van der Waals surface area (Å²) in [7, 11) is 1.23. The molecule has 0 bridgehead atoms. The lowest BCUT2D eigenvalue weighted by atomic mass is 10.1. The predicted molar refractivity (Wildman–Crippen MR) is 67.4 cm³/mol. The van der Waals surface area contributed by atoms with Gasteiger partial charge in [-0.25, -0.2) is 9.42 Å². The summed E-state index contributed by atoms with van der Waals surface area (Å²) in [5.74, 6) is -1.44. The molecule has 2 aromatic rings. The molecule has 1 unspecified atom stereocenters. The van der Waals surface area contributed by atoms with E-state index in [0.29, 0.717) is 5.56 Å². The molecule has 0 fully saturated rings. The predicted octanol–water partition coefficient (Wildman–Crippen LogP) is 0.296. The van der Waals surface area contributed by atoms with Gasteiger partial charge >= 0.3 is 5.97 Å². The van der Waals surface area contributed by atoms with Crippen molar-refractivity contribution in [2.75, 3.05) is 12.8 Å². The van der Waals surface area contributed by atoms with Gasteiger partial charge in [0.25, 0.3) is 5.91 Å². The number of rotatable bonds is 4. The lowest BCUT2D eigenvalue weighted by Crippen LogP contribution is -2.35. The van der Waals surface area contributed by atoms with Crippen LogP contribution in [-0.2, 0) is 9.53 Å². The highest BCUT2D eigenvalue weighted by Crippen LogP contribution is 2.15. The number of carbonyl (C=O) groups is 2. The maximum Gasteiger partial charge on any atom is 0.333 e. The Morgan fingerprint density at radius 2 is 2.00 bits per heavy atom. The van der Waals surface area contributed by atoms with Gasteiger partial charge in [-0.2, -0.15) is 0 Å². The Hall–Kier alpha value is -2.90. The van der Waals surface area contributed by atoms with Crippen molar-refractivity contribution in [3.8, 4) is 0 Å². The van der Waals surface area contributed by atoms with Crippen LogP contribution in [0.25, 0.3) is 0 Å². The van der Waals surface area contributed by atoms with Crippen molar-refractivity contribution in [2.24, 2.45) is 0 Å². The lowest BCUT2D eigenvalue weighted by molar-refractivity contribution is -0.143. The zero-order valence-corrected chi connectivity index (χ0v) is 10.6. The van der Waals surface area contributed by atoms with E-state index in [2.05, 4.69) is 25.0 Å². The van der Waals surface area contributed by atoms with Gasteiger partial charge in [0, 0.05) is 0 Å². The zero-order valence-electron chi connectivity index (χ0n) is 10.6. The van der Waals surface area contributed by atoms with Crippen LogP contribution in [0.3, 0.4) is 0 Å². The monoisotopic (exact) mass is 276 g/mol. The first kappa shape index (κ1) is 13.5. The van der Waals surface area contributed by atoms with Crippen molar-refractivity contribution >= 4 is 17.7 Å². The molecule has 0 radical (unpaired) electrons. The molecule has 1 aromatic carbocycles. The van der Waals surface area contributed by atoms with Gasteiger partial charge < -0.3 is 15.8 Å². The number of ether oxygens (including phenoxy) is 1. The van der Waals surface area contributed by atoms with Gasteiger partial charge in [0.1, 0.15) is 0 Å². The van der Waals surface area contributed by atoms with Crippen LogP contribution < -0.4 is 11.1 Å². The maximum absolute atomic E-state index is 12.0. The Balaban J connectivity index is 2.23. The van der Waals surface area contributed by atoms with Gasteiger partial charge in [-0.15, -0.1) is 0 Å². The minimum Gasteiger partial charge on any atom is -0.467 e. The van der Waals surface area contributed by atoms with Gasteiger partial charge in [-0.3, -0.25) is 4.79 Å². The largest absolute Gasteiger partial charge is 0.467 e. The number of hydrogen-bond donors (Lipinski definition) is 2. The highest BCUT2D eigenvalue weighted by Gasteiger charge is 2.26. The van der Waals surface area contributed by atoms with Gasteiger partial charge in [0.15, 0.2) is 6.04 Å². The Morgan fingerprint density at radius 1 is 1.30 bits per heavy atom. The van der Waals surface area contributed by atoms with Gasteiger partial charge in [0.2, 0.25) is 11.5 Å². The Morgan fingerprint density at radius 3 is 2.55 bits per heavy atom. The van der Waals surface area contributed by atoms with E-state index in [9.17, 15) is 9.59 Å². The van der Waals surface area contributed by atoms with Crippen LogP contribution >= 0.6 is 0 Å². The van der Waals surface area contributed by atoms with Crippen molar-refractivity contribution in [1.82, 2.24) is 15.6 Å². The fourth-order valence-electron chi connectivity index (χ4n) is 1.59. The number of nitrogen functional groups attached to an aromatic ring is 1. The van der Waals surface area contributed by atoms with E-state index in [0.717, 1.165) is 0 Å². The minimum absolute atomic E-state index is 0.154. The summed E-state index contributed by atoms with van der Waals surface area (Å²) in [5.41, 5.74) is 5.81. The summed E-state index contributed by atoms with van der Waals surface area (Å²) < 4.78 is 9.01. The molecule has 3 N–H and O–H groups in total. The van der Waals surface area contributed by atoms with Gasteiger partial charge in [0.05, 0.1) is 7.11 Å². The molecule has 104 valence electrons. The first-order valence-electron chi connectivity index (χ1n) is 5.65. The first-order valence-corrected chi connectivity index (χ1v) is 5.65. The van der Waals surface area contributed by atoms with Crippen LogP contribution in [0.5, 0.6) is 0 Å². The van der Waals surface area contributed by atoms with E-state index in [4.69, 9.17) is 5.73 Å². The SMILES string of the molecule is COC(=O)C(NC(=O)c1nonc1N)c1ccccc1. The first-order chi connectivity index (χ1) is 9.63. The second kappa shape index (κ2) is 5.83. The molecule has 8 nitrogen and oxygen atoms in total. The summed E-state index contributed by atoms with van der Waals surface area (Å²) >= 11 is 0. The molecule has 20 heavy (non-hydrogen) atoms. The van der Waals surface area contributed by atoms with Crippen molar-refractivity contribution < 1.29 is 19.0 Å². The van der Waals surface area contributed by atoms with E-state index in [1.165, 1.54) is 7.11 Å². The molecule has 0 spiro atoms. The Bertz CT molecular complexity index is 611. The number of hydrogen-bond acceptors (Lipinski definition) is 7. The summed E-state index contributed by atoms with van der Waals surface area (Å²) in [6.07, 6.45) is 0. The molecule has 1 atom stereocenters. The molecule has 1 aromatic heterocycles. The second-order valence-electron chi connectivity index (χ2n) is 3.84. The second-order valence-corrected chi connectivity index (χ2v) is 3.84. The summed E-state index contributed by atoms with van der Waals surface area (Å²) in [6, 6.07) is 7.68. The number of nitrogens with two attached hydrogens (primary N) is 1. The van der Waals surface area contributed by atoms with Crippen LogP contribution in [0.2, 0.25) is 0 Å². The molecule has 0 saturated heterocycles. The van der Waals surface area contributed by atoms with Crippen molar-refractivity contribution in [1.29, 1.82) is 0 Å². The number of amides is 1. The molecular weight excluding hydrogens is 264 g/mol. The maximum atomic E-state index is 12.0. The van der Waals surface area contributed by atoms with Gasteiger partial charge in [-0.1, -0.05) is 30.3 Å². The zero-order chi connectivity index (χ0) is 14.5. The number of nitrogens with one attached hydrogen (secondary N) is 1. The third-order valence-corrected chi connectivity index (χ3v) is 2.57. The molecule has 8 heteroatoms. The number of benzene rings is 1.